The van der Waals surface area contributed by atoms with Crippen molar-refractivity contribution in [3.63, 3.8) is 0 Å². The first-order valence-electron chi connectivity index (χ1n) is 33.4. The van der Waals surface area contributed by atoms with Crippen LogP contribution in [-0.4, -0.2) is 434 Å². The molecule has 8 aliphatic rings. The van der Waals surface area contributed by atoms with E-state index in [-0.39, 0.29) is 6.47 Å². The number of aliphatic hydroxyl groups excluding tert-OH is 22. The van der Waals surface area contributed by atoms with Gasteiger partial charge < -0.3 is 204 Å². The normalized spacial score (nSPS) is 47.9. The smallest absolute Gasteiger partial charge is 0.332 e. The van der Waals surface area contributed by atoms with E-state index in [1.165, 1.54) is 13.8 Å². The van der Waals surface area contributed by atoms with Gasteiger partial charge in [-0.15, -0.1) is 0 Å². The summed E-state index contributed by atoms with van der Waals surface area (Å²) in [5.41, 5.74) is 0. The van der Waals surface area contributed by atoms with E-state index in [9.17, 15) is 132 Å². The van der Waals surface area contributed by atoms with Crippen molar-refractivity contribution >= 4 is 24.2 Å². The minimum atomic E-state index is -2.63. The predicted molar refractivity (Wildman–Crippen MR) is 323 cm³/mol. The van der Waals surface area contributed by atoms with E-state index >= 15 is 0 Å². The van der Waals surface area contributed by atoms with Gasteiger partial charge in [0.1, 0.15) is 177 Å². The maximum Gasteiger partial charge on any atom is 0.332 e. The molecule has 602 valence electrons. The van der Waals surface area contributed by atoms with Crippen molar-refractivity contribution in [1.82, 2.24) is 16.0 Å². The van der Waals surface area contributed by atoms with Crippen LogP contribution in [0.3, 0.4) is 0 Å². The van der Waals surface area contributed by atoms with E-state index in [2.05, 4.69) is 16.0 Å². The molecule has 104 heavy (non-hydrogen) atoms. The second kappa shape index (κ2) is 37.4. The minimum Gasteiger partial charge on any atom is -0.410 e. The summed E-state index contributed by atoms with van der Waals surface area (Å²) in [7, 11) is 0. The number of carbonyl (C=O) groups excluding carboxylic acids is 4. The lowest BCUT2D eigenvalue weighted by molar-refractivity contribution is -0.424. The largest absolute Gasteiger partial charge is 0.410 e. The highest BCUT2D eigenvalue weighted by Crippen LogP contribution is 2.41. The van der Waals surface area contributed by atoms with Crippen LogP contribution >= 0.6 is 0 Å². The van der Waals surface area contributed by atoms with Crippen molar-refractivity contribution in [2.24, 2.45) is 5.92 Å². The Balaban J connectivity index is 1.06. The second-order valence-electron chi connectivity index (χ2n) is 26.6. The third-order valence-corrected chi connectivity index (χ3v) is 19.3. The molecule has 0 bridgehead atoms. The molecule has 8 heterocycles. The van der Waals surface area contributed by atoms with Crippen LogP contribution in [0, 0.1) is 5.92 Å². The van der Waals surface area contributed by atoms with Gasteiger partial charge in [-0.25, -0.2) is 0 Å². The third-order valence-electron chi connectivity index (χ3n) is 19.3. The Morgan fingerprint density at radius 2 is 0.827 bits per heavy atom. The Bertz CT molecular complexity index is 2710. The van der Waals surface area contributed by atoms with Crippen molar-refractivity contribution in [1.29, 1.82) is 0 Å². The summed E-state index contributed by atoms with van der Waals surface area (Å²) in [5, 5.41) is 250. The molecule has 15 unspecified atom stereocenters. The Hall–Kier alpha value is -3.60. The molecule has 0 spiro atoms. The maximum absolute atomic E-state index is 13.0. The highest BCUT2D eigenvalue weighted by atomic mass is 16.9. The molecule has 0 aliphatic carbocycles. The van der Waals surface area contributed by atoms with Gasteiger partial charge in [0, 0.05) is 26.7 Å². The highest BCUT2D eigenvalue weighted by Gasteiger charge is 2.60. The van der Waals surface area contributed by atoms with Gasteiger partial charge in [-0.05, 0) is 6.92 Å². The summed E-state index contributed by atoms with van der Waals surface area (Å²) in [6, 6.07) is -4.94. The van der Waals surface area contributed by atoms with Crippen molar-refractivity contribution in [3.05, 3.63) is 0 Å². The van der Waals surface area contributed by atoms with Crippen LogP contribution in [0.4, 0.5) is 0 Å². The number of ether oxygens (including phenoxy) is 16. The fraction of sp³-hybridized carbons (Fsp3) is 0.932. The summed E-state index contributed by atoms with van der Waals surface area (Å²) in [4.78, 5) is 49.8. The molecule has 0 aromatic rings. The molecular weight excluding hydrogens is 1420 g/mol. The second-order valence-corrected chi connectivity index (χ2v) is 26.6. The summed E-state index contributed by atoms with van der Waals surface area (Å²) < 4.78 is 93.8. The monoisotopic (exact) mass is 1520 g/mol. The van der Waals surface area contributed by atoms with E-state index in [0.717, 1.165) is 20.8 Å². The van der Waals surface area contributed by atoms with Crippen molar-refractivity contribution in [2.45, 2.75) is 286 Å². The van der Waals surface area contributed by atoms with Gasteiger partial charge in [-0.3, -0.25) is 19.2 Å². The van der Waals surface area contributed by atoms with Crippen LogP contribution < -0.4 is 16.0 Å². The maximum atomic E-state index is 13.0. The summed E-state index contributed by atoms with van der Waals surface area (Å²) in [5.74, 6) is -6.07. The number of nitrogens with one attached hydrogen (secondary N) is 3. The first kappa shape index (κ1) is 86.0. The number of rotatable bonds is 29. The standard InChI is InChI=1S/C59H99N3O42/c1-16-21(73)6-59(91-15-69,104-47(16)33(75)22(74)7-63)90-14-29-36(78)42(84)45(87)56(98-29)100-49-26(11-67)96-54(32(40(49)82)62-20(5)72)103-52-43(85)35(77)24(9-65)94-58(52)102-51-37(79)28(13-89-55-44(86)41(83)34(76)23(8-64)93-55)97-57(46(51)88)101-50-27(12-68)95-53(31(39(50)81)61-19(4)71)99-48-25(10-66)92-17(2)30(38(48)80)60-18(3)70/h15-17,21-58,63-68,73-88H,6-14H2,1-5H3,(H,60,70)(H,61,71)(H,62,72)/t16-,17+,21-,22-,23?,24-,25?,26?,27?,28?,29?,30?,31?,32?,33-,34-,35-,36+,37-,38-,39-,40-,41+,42+,43?,44?,45?,46?,47?,48-,49-,50-,51+,52?,53+,54+,55+,56+,57+,58-,59+/m1/s1. The van der Waals surface area contributed by atoms with Gasteiger partial charge in [0.25, 0.3) is 6.47 Å². The molecule has 3 amide bonds. The Morgan fingerprint density at radius 3 is 1.32 bits per heavy atom. The van der Waals surface area contributed by atoms with Crippen molar-refractivity contribution in [2.75, 3.05) is 52.9 Å². The molecule has 25 N–H and O–H groups in total. The fourth-order valence-corrected chi connectivity index (χ4v) is 13.5. The molecule has 8 rings (SSSR count). The van der Waals surface area contributed by atoms with Crippen LogP contribution in [-0.2, 0) is 95.0 Å². The molecule has 8 fully saturated rings. The number of aliphatic hydroxyl groups is 22. The molecule has 8 saturated heterocycles. The molecule has 41 atom stereocenters. The van der Waals surface area contributed by atoms with Crippen LogP contribution in [0.25, 0.3) is 0 Å². The fourth-order valence-electron chi connectivity index (χ4n) is 13.5. The molecule has 0 aromatic carbocycles. The molecule has 45 heteroatoms. The van der Waals surface area contributed by atoms with Crippen molar-refractivity contribution in [3.8, 4) is 0 Å². The van der Waals surface area contributed by atoms with Gasteiger partial charge in [0.15, 0.2) is 37.7 Å². The molecule has 45 nitrogen and oxygen atoms in total. The van der Waals surface area contributed by atoms with Crippen LogP contribution in [0.15, 0.2) is 0 Å². The predicted octanol–water partition coefficient (Wildman–Crippen LogP) is -16.4. The molecule has 0 radical (unpaired) electrons. The number of hydrogen-bond donors (Lipinski definition) is 25. The van der Waals surface area contributed by atoms with Gasteiger partial charge >= 0.3 is 5.97 Å². The van der Waals surface area contributed by atoms with Crippen LogP contribution in [0.1, 0.15) is 41.0 Å². The Labute approximate surface area is 590 Å². The summed E-state index contributed by atoms with van der Waals surface area (Å²) >= 11 is 0. The lowest BCUT2D eigenvalue weighted by Gasteiger charge is -2.51. The van der Waals surface area contributed by atoms with E-state index in [4.69, 9.17) is 75.8 Å². The molecule has 0 saturated carbocycles. The van der Waals surface area contributed by atoms with E-state index in [1.54, 1.807) is 0 Å². The average Bonchev–Trinajstić information content (AvgIpc) is 0.772. The Morgan fingerprint density at radius 1 is 0.433 bits per heavy atom. The van der Waals surface area contributed by atoms with Gasteiger partial charge in [-0.2, -0.15) is 0 Å². The number of amides is 3. The number of hydrogen-bond acceptors (Lipinski definition) is 42. The first-order valence-corrected chi connectivity index (χ1v) is 33.4. The zero-order valence-corrected chi connectivity index (χ0v) is 56.5. The first-order chi connectivity index (χ1) is 49.1. The zero-order chi connectivity index (χ0) is 76.8. The van der Waals surface area contributed by atoms with Gasteiger partial charge in [0.2, 0.25) is 17.7 Å². The van der Waals surface area contributed by atoms with E-state index < -0.39 is 328 Å². The number of carbonyl (C=O) groups is 4. The molecular formula is C59H99N3O42. The zero-order valence-electron chi connectivity index (χ0n) is 56.5. The lowest BCUT2D eigenvalue weighted by Crippen LogP contribution is -2.71. The topological polar surface area (TPSA) is 697 Å². The Kier molecular flexibility index (Phi) is 30.9. The SMILES string of the molecule is CC(=O)NC1[C@H](OC2C(O)[C@H](O)[C@@H](CO)O[C@@H]2O[C@@H]2C(O)[C@H](O[C@@H]3C(CO)O[C@@H](O[C@@H]4C(CO)O[C@@H](C)C(NC(C)=O)[C@H]4O)C(NC(C)=O)[C@H]3O)OC(CO[C@H]3OC(CO)[C@@H](O)[C@H](O)C3O)[C@H]2O)OC(CO)[C@@H](O[C@@H]2OC(CO[C@]3(OC=O)C[C@@H](O)[C@@H](C)C([C@H](O)[C@H](O)CO)O3)[C@H](O)[C@H](O)C2O)[C@@H]1O. The van der Waals surface area contributed by atoms with Crippen LogP contribution in [0.2, 0.25) is 0 Å². The summed E-state index contributed by atoms with van der Waals surface area (Å²) in [6.45, 7) is -2.40. The molecule has 8 aliphatic heterocycles. The third kappa shape index (κ3) is 19.0. The average molecular weight is 1520 g/mol. The quantitative estimate of drug-likeness (QED) is 0.0244. The minimum absolute atomic E-state index is 0.175. The highest BCUT2D eigenvalue weighted by molar-refractivity contribution is 5.74. The lowest BCUT2D eigenvalue weighted by atomic mass is 9.87. The van der Waals surface area contributed by atoms with E-state index in [0.29, 0.717) is 0 Å². The van der Waals surface area contributed by atoms with E-state index in [1.807, 2.05) is 0 Å². The van der Waals surface area contributed by atoms with Gasteiger partial charge in [-0.1, -0.05) is 6.92 Å². The van der Waals surface area contributed by atoms with Gasteiger partial charge in [0.05, 0.1) is 83.6 Å². The van der Waals surface area contributed by atoms with Crippen molar-refractivity contribution < 1.29 is 207 Å². The summed E-state index contributed by atoms with van der Waals surface area (Å²) in [6.07, 6.45) is -71.9. The molecule has 0 aromatic heterocycles. The van der Waals surface area contributed by atoms with Crippen LogP contribution in [0.5, 0.6) is 0 Å².